The van der Waals surface area contributed by atoms with Crippen molar-refractivity contribution in [1.29, 1.82) is 0 Å². The molecule has 0 saturated heterocycles. The van der Waals surface area contributed by atoms with Crippen LogP contribution in [0.5, 0.6) is 0 Å². The maximum Gasteiger partial charge on any atom is 0.274 e. The molecule has 1 aliphatic heterocycles. The number of rotatable bonds is 2. The molecule has 5 rings (SSSR count). The molecule has 1 aliphatic rings. The van der Waals surface area contributed by atoms with E-state index in [-0.39, 0.29) is 5.56 Å². The topological polar surface area (TPSA) is 81.2 Å². The number of nitrogens with zero attached hydrogens (tertiary/aromatic N) is 7. The molecule has 5 heterocycles. The summed E-state index contributed by atoms with van der Waals surface area (Å²) in [4.78, 5) is 23.9. The van der Waals surface area contributed by atoms with Crippen LogP contribution in [-0.2, 0) is 20.0 Å². The van der Waals surface area contributed by atoms with E-state index in [9.17, 15) is 4.79 Å². The SMILES string of the molecule is Cc1cc(=O)n2nc(N3CCc4ncc(-c5c(C)nn(C)c5C)cc4C3)c(C)cc2n1. The number of fused-ring (bicyclic) bond motifs is 2. The molecule has 4 aromatic heterocycles. The second-order valence-corrected chi connectivity index (χ2v) is 8.33. The minimum Gasteiger partial charge on any atom is -0.350 e. The maximum atomic E-state index is 12.4. The van der Waals surface area contributed by atoms with Crippen molar-refractivity contribution in [2.45, 2.75) is 40.7 Å². The van der Waals surface area contributed by atoms with Gasteiger partial charge in [-0.25, -0.2) is 4.98 Å². The number of pyridine rings is 1. The van der Waals surface area contributed by atoms with Gasteiger partial charge in [0.1, 0.15) is 0 Å². The average molecular weight is 416 g/mol. The summed E-state index contributed by atoms with van der Waals surface area (Å²) < 4.78 is 3.30. The highest BCUT2D eigenvalue weighted by atomic mass is 16.1. The summed E-state index contributed by atoms with van der Waals surface area (Å²) in [7, 11) is 1.96. The van der Waals surface area contributed by atoms with E-state index in [1.54, 1.807) is 0 Å². The average Bonchev–Trinajstić information content (AvgIpc) is 2.98. The molecular formula is C23H25N7O. The molecule has 0 radical (unpaired) electrons. The van der Waals surface area contributed by atoms with Gasteiger partial charge in [0, 0.05) is 67.0 Å². The Balaban J connectivity index is 1.55. The lowest BCUT2D eigenvalue weighted by Gasteiger charge is -2.30. The lowest BCUT2D eigenvalue weighted by atomic mass is 9.99. The smallest absolute Gasteiger partial charge is 0.274 e. The van der Waals surface area contributed by atoms with Crippen LogP contribution in [0.15, 0.2) is 29.2 Å². The first-order chi connectivity index (χ1) is 14.8. The summed E-state index contributed by atoms with van der Waals surface area (Å²) in [6.45, 7) is 9.45. The predicted octanol–water partition coefficient (Wildman–Crippen LogP) is 2.68. The van der Waals surface area contributed by atoms with Gasteiger partial charge < -0.3 is 4.90 Å². The van der Waals surface area contributed by atoms with Gasteiger partial charge in [0.05, 0.1) is 5.69 Å². The van der Waals surface area contributed by atoms with Crippen molar-refractivity contribution >= 4 is 11.5 Å². The normalized spacial score (nSPS) is 13.6. The van der Waals surface area contributed by atoms with E-state index < -0.39 is 0 Å². The van der Waals surface area contributed by atoms with Crippen molar-refractivity contribution < 1.29 is 0 Å². The van der Waals surface area contributed by atoms with Gasteiger partial charge in [-0.1, -0.05) is 0 Å². The van der Waals surface area contributed by atoms with Gasteiger partial charge in [-0.3, -0.25) is 14.5 Å². The van der Waals surface area contributed by atoms with Crippen LogP contribution in [-0.4, -0.2) is 35.9 Å². The van der Waals surface area contributed by atoms with Crippen molar-refractivity contribution in [2.24, 2.45) is 7.05 Å². The first kappa shape index (κ1) is 19.4. The summed E-state index contributed by atoms with van der Waals surface area (Å²) in [6, 6.07) is 5.67. The largest absolute Gasteiger partial charge is 0.350 e. The van der Waals surface area contributed by atoms with Crippen molar-refractivity contribution in [3.8, 4) is 11.1 Å². The second-order valence-electron chi connectivity index (χ2n) is 8.33. The fraction of sp³-hybridized carbons (Fsp3) is 0.348. The van der Waals surface area contributed by atoms with Crippen LogP contribution >= 0.6 is 0 Å². The molecular weight excluding hydrogens is 390 g/mol. The molecule has 0 saturated carbocycles. The molecule has 0 amide bonds. The highest BCUT2D eigenvalue weighted by Gasteiger charge is 2.22. The highest BCUT2D eigenvalue weighted by Crippen LogP contribution is 2.30. The summed E-state index contributed by atoms with van der Waals surface area (Å²) in [6.07, 6.45) is 2.79. The van der Waals surface area contributed by atoms with Crippen LogP contribution in [0.25, 0.3) is 16.8 Å². The van der Waals surface area contributed by atoms with Gasteiger partial charge in [-0.2, -0.15) is 9.61 Å². The van der Waals surface area contributed by atoms with Crippen LogP contribution < -0.4 is 10.5 Å². The van der Waals surface area contributed by atoms with Crippen molar-refractivity contribution in [3.63, 3.8) is 0 Å². The first-order valence-corrected chi connectivity index (χ1v) is 10.4. The lowest BCUT2D eigenvalue weighted by Crippen LogP contribution is -2.33. The predicted molar refractivity (Wildman–Crippen MR) is 119 cm³/mol. The quantitative estimate of drug-likeness (QED) is 0.501. The maximum absolute atomic E-state index is 12.4. The minimum atomic E-state index is -0.160. The third kappa shape index (κ3) is 3.19. The Labute approximate surface area is 180 Å². The number of aromatic nitrogens is 6. The van der Waals surface area contributed by atoms with Crippen molar-refractivity contribution in [1.82, 2.24) is 29.4 Å². The van der Waals surface area contributed by atoms with E-state index in [4.69, 9.17) is 4.98 Å². The minimum absolute atomic E-state index is 0.160. The molecule has 31 heavy (non-hydrogen) atoms. The first-order valence-electron chi connectivity index (χ1n) is 10.4. The molecule has 158 valence electrons. The highest BCUT2D eigenvalue weighted by molar-refractivity contribution is 5.69. The molecule has 0 aromatic carbocycles. The second kappa shape index (κ2) is 7.01. The molecule has 0 unspecified atom stereocenters. The van der Waals surface area contributed by atoms with Crippen molar-refractivity contribution in [2.75, 3.05) is 11.4 Å². The summed E-state index contributed by atoms with van der Waals surface area (Å²) in [5.74, 6) is 0.810. The Morgan fingerprint density at radius 3 is 2.58 bits per heavy atom. The Morgan fingerprint density at radius 2 is 1.84 bits per heavy atom. The van der Waals surface area contributed by atoms with Gasteiger partial charge in [0.25, 0.3) is 5.56 Å². The van der Waals surface area contributed by atoms with Crippen LogP contribution in [0.2, 0.25) is 0 Å². The molecule has 0 spiro atoms. The standard InChI is InChI=1S/C23H25N7O/c1-13-8-20-25-14(2)9-21(31)30(20)27-23(13)29-7-6-19-18(12-29)10-17(11-24-19)22-15(3)26-28(5)16(22)4/h8-11H,6-7,12H2,1-5H3. The van der Waals surface area contributed by atoms with E-state index in [0.717, 1.165) is 52.6 Å². The third-order valence-electron chi connectivity index (χ3n) is 6.08. The van der Waals surface area contributed by atoms with Gasteiger partial charge in [0.2, 0.25) is 0 Å². The van der Waals surface area contributed by atoms with Crippen molar-refractivity contribution in [3.05, 3.63) is 68.7 Å². The summed E-state index contributed by atoms with van der Waals surface area (Å²) >= 11 is 0. The third-order valence-corrected chi connectivity index (χ3v) is 6.08. The molecule has 0 aliphatic carbocycles. The summed E-state index contributed by atoms with van der Waals surface area (Å²) in [5, 5.41) is 9.20. The fourth-order valence-corrected chi connectivity index (χ4v) is 4.49. The van der Waals surface area contributed by atoms with Gasteiger partial charge in [-0.05, 0) is 51.0 Å². The number of aryl methyl sites for hydroxylation is 4. The van der Waals surface area contributed by atoms with E-state index >= 15 is 0 Å². The Kier molecular flexibility index (Phi) is 4.39. The van der Waals surface area contributed by atoms with Crippen LogP contribution in [0.3, 0.4) is 0 Å². The molecule has 0 bridgehead atoms. The van der Waals surface area contributed by atoms with E-state index in [2.05, 4.69) is 33.1 Å². The molecule has 0 atom stereocenters. The van der Waals surface area contributed by atoms with Crippen LogP contribution in [0, 0.1) is 27.7 Å². The van der Waals surface area contributed by atoms with Crippen LogP contribution in [0.4, 0.5) is 5.82 Å². The van der Waals surface area contributed by atoms with Gasteiger partial charge in [-0.15, -0.1) is 5.10 Å². The number of hydrogen-bond acceptors (Lipinski definition) is 6. The number of hydrogen-bond donors (Lipinski definition) is 0. The van der Waals surface area contributed by atoms with E-state index in [1.165, 1.54) is 16.1 Å². The zero-order chi connectivity index (χ0) is 21.9. The Hall–Kier alpha value is -3.55. The Bertz CT molecular complexity index is 1400. The monoisotopic (exact) mass is 415 g/mol. The molecule has 8 nitrogen and oxygen atoms in total. The lowest BCUT2D eigenvalue weighted by molar-refractivity contribution is 0.685. The zero-order valence-corrected chi connectivity index (χ0v) is 18.5. The molecule has 8 heteroatoms. The number of anilines is 1. The molecule has 0 N–H and O–H groups in total. The van der Waals surface area contributed by atoms with Gasteiger partial charge in [0.15, 0.2) is 11.5 Å². The Morgan fingerprint density at radius 1 is 1.03 bits per heavy atom. The summed E-state index contributed by atoms with van der Waals surface area (Å²) in [5.41, 5.74) is 8.78. The van der Waals surface area contributed by atoms with Crippen LogP contribution in [0.1, 0.15) is 33.9 Å². The zero-order valence-electron chi connectivity index (χ0n) is 18.5. The van der Waals surface area contributed by atoms with E-state index in [1.807, 2.05) is 44.8 Å². The fourth-order valence-electron chi connectivity index (χ4n) is 4.49. The molecule has 4 aromatic rings. The van der Waals surface area contributed by atoms with Gasteiger partial charge >= 0.3 is 0 Å². The van der Waals surface area contributed by atoms with E-state index in [0.29, 0.717) is 17.9 Å². The molecule has 0 fully saturated rings.